The molecule has 0 aromatic heterocycles. The first-order valence-electron chi connectivity index (χ1n) is 10.0. The number of hydrogen-bond donors (Lipinski definition) is 1. The molecule has 1 fully saturated rings. The van der Waals surface area contributed by atoms with E-state index in [9.17, 15) is 18.0 Å². The molecule has 166 valence electrons. The van der Waals surface area contributed by atoms with Gasteiger partial charge in [-0.25, -0.2) is 8.42 Å². The molecular weight excluding hydrogens is 418 g/mol. The molecule has 1 aliphatic rings. The van der Waals surface area contributed by atoms with Gasteiger partial charge in [-0.15, -0.1) is 0 Å². The highest BCUT2D eigenvalue weighted by Crippen LogP contribution is 2.21. The SMILES string of the molecule is COc1ccc(N(CC(=O)NCc2ccc(CN3CCCC3=O)cc2)S(C)(=O)=O)cc1. The Balaban J connectivity index is 1.56. The third-order valence-corrected chi connectivity index (χ3v) is 6.25. The van der Waals surface area contributed by atoms with Crippen molar-refractivity contribution in [1.82, 2.24) is 10.2 Å². The van der Waals surface area contributed by atoms with Gasteiger partial charge in [0.2, 0.25) is 21.8 Å². The minimum absolute atomic E-state index is 0.184. The molecule has 2 aromatic rings. The first kappa shape index (κ1) is 22.6. The van der Waals surface area contributed by atoms with Crippen LogP contribution < -0.4 is 14.4 Å². The lowest BCUT2D eigenvalue weighted by atomic mass is 10.1. The summed E-state index contributed by atoms with van der Waals surface area (Å²) in [4.78, 5) is 26.0. The van der Waals surface area contributed by atoms with Gasteiger partial charge < -0.3 is 15.0 Å². The number of carbonyl (C=O) groups is 2. The van der Waals surface area contributed by atoms with Gasteiger partial charge in [-0.3, -0.25) is 13.9 Å². The van der Waals surface area contributed by atoms with Crippen LogP contribution in [0.25, 0.3) is 0 Å². The number of hydrogen-bond acceptors (Lipinski definition) is 5. The Labute approximate surface area is 182 Å². The molecule has 0 unspecified atom stereocenters. The quantitative estimate of drug-likeness (QED) is 0.636. The van der Waals surface area contributed by atoms with E-state index in [1.54, 1.807) is 24.3 Å². The molecule has 3 rings (SSSR count). The lowest BCUT2D eigenvalue weighted by Gasteiger charge is -2.22. The van der Waals surface area contributed by atoms with Crippen molar-refractivity contribution >= 4 is 27.5 Å². The van der Waals surface area contributed by atoms with E-state index in [0.29, 0.717) is 24.4 Å². The number of methoxy groups -OCH3 is 1. The van der Waals surface area contributed by atoms with Gasteiger partial charge in [0.1, 0.15) is 12.3 Å². The molecule has 2 amide bonds. The van der Waals surface area contributed by atoms with Crippen LogP contribution in [0.4, 0.5) is 5.69 Å². The number of nitrogens with zero attached hydrogens (tertiary/aromatic N) is 2. The van der Waals surface area contributed by atoms with Gasteiger partial charge >= 0.3 is 0 Å². The van der Waals surface area contributed by atoms with Crippen LogP contribution in [-0.2, 0) is 32.7 Å². The number of ether oxygens (including phenoxy) is 1. The first-order valence-corrected chi connectivity index (χ1v) is 11.8. The summed E-state index contributed by atoms with van der Waals surface area (Å²) in [6, 6.07) is 14.1. The largest absolute Gasteiger partial charge is 0.497 e. The Kier molecular flexibility index (Phi) is 7.17. The zero-order chi connectivity index (χ0) is 22.4. The lowest BCUT2D eigenvalue weighted by molar-refractivity contribution is -0.128. The van der Waals surface area contributed by atoms with E-state index in [0.717, 1.165) is 34.7 Å². The van der Waals surface area contributed by atoms with Crippen LogP contribution >= 0.6 is 0 Å². The highest BCUT2D eigenvalue weighted by atomic mass is 32.2. The molecule has 9 heteroatoms. The maximum atomic E-state index is 12.4. The number of rotatable bonds is 9. The molecule has 0 saturated carbocycles. The molecule has 0 radical (unpaired) electrons. The first-order chi connectivity index (χ1) is 14.8. The molecule has 0 bridgehead atoms. The van der Waals surface area contributed by atoms with Crippen molar-refractivity contribution in [3.63, 3.8) is 0 Å². The number of carbonyl (C=O) groups excluding carboxylic acids is 2. The zero-order valence-electron chi connectivity index (χ0n) is 17.7. The Morgan fingerprint density at radius 3 is 2.29 bits per heavy atom. The summed E-state index contributed by atoms with van der Waals surface area (Å²) in [5.41, 5.74) is 2.31. The van der Waals surface area contributed by atoms with Gasteiger partial charge in [-0.2, -0.15) is 0 Å². The third kappa shape index (κ3) is 6.21. The molecular formula is C22H27N3O5S. The van der Waals surface area contributed by atoms with Crippen LogP contribution in [0.5, 0.6) is 5.75 Å². The van der Waals surface area contributed by atoms with Crippen LogP contribution in [0.15, 0.2) is 48.5 Å². The monoisotopic (exact) mass is 445 g/mol. The summed E-state index contributed by atoms with van der Waals surface area (Å²) in [5, 5.41) is 2.76. The normalized spacial score (nSPS) is 13.9. The molecule has 31 heavy (non-hydrogen) atoms. The number of sulfonamides is 1. The standard InChI is InChI=1S/C22H27N3O5S/c1-30-20-11-9-19(10-12-20)25(31(2,28)29)16-21(26)23-14-17-5-7-18(8-6-17)15-24-13-3-4-22(24)27/h5-12H,3-4,13-16H2,1-2H3,(H,23,26). The van der Waals surface area contributed by atoms with E-state index in [1.807, 2.05) is 29.2 Å². The number of amides is 2. The van der Waals surface area contributed by atoms with Gasteiger partial charge in [0.05, 0.1) is 19.1 Å². The average Bonchev–Trinajstić information content (AvgIpc) is 3.15. The van der Waals surface area contributed by atoms with Crippen molar-refractivity contribution in [1.29, 1.82) is 0 Å². The predicted molar refractivity (Wildman–Crippen MR) is 118 cm³/mol. The van der Waals surface area contributed by atoms with Crippen molar-refractivity contribution < 1.29 is 22.7 Å². The molecule has 1 saturated heterocycles. The van der Waals surface area contributed by atoms with Gasteiger partial charge in [0.25, 0.3) is 0 Å². The summed E-state index contributed by atoms with van der Waals surface area (Å²) in [6.45, 7) is 1.35. The van der Waals surface area contributed by atoms with Gasteiger partial charge in [-0.05, 0) is 41.8 Å². The summed E-state index contributed by atoms with van der Waals surface area (Å²) in [6.07, 6.45) is 2.59. The maximum absolute atomic E-state index is 12.4. The van der Waals surface area contributed by atoms with E-state index >= 15 is 0 Å². The topological polar surface area (TPSA) is 96.0 Å². The average molecular weight is 446 g/mol. The number of likely N-dealkylation sites (tertiary alicyclic amines) is 1. The van der Waals surface area contributed by atoms with Crippen LogP contribution in [0, 0.1) is 0 Å². The Hall–Kier alpha value is -3.07. The fourth-order valence-corrected chi connectivity index (χ4v) is 4.25. The minimum atomic E-state index is -3.64. The zero-order valence-corrected chi connectivity index (χ0v) is 18.5. The number of anilines is 1. The molecule has 1 heterocycles. The van der Waals surface area contributed by atoms with Crippen molar-refractivity contribution in [3.05, 3.63) is 59.7 Å². The molecule has 0 aliphatic carbocycles. The summed E-state index contributed by atoms with van der Waals surface area (Å²) in [5.74, 6) is 0.371. The van der Waals surface area contributed by atoms with Gasteiger partial charge in [-0.1, -0.05) is 24.3 Å². The van der Waals surface area contributed by atoms with E-state index in [2.05, 4.69) is 5.32 Å². The van der Waals surface area contributed by atoms with E-state index < -0.39 is 15.9 Å². The molecule has 1 N–H and O–H groups in total. The van der Waals surface area contributed by atoms with Crippen LogP contribution in [-0.4, -0.2) is 51.6 Å². The number of benzene rings is 2. The lowest BCUT2D eigenvalue weighted by Crippen LogP contribution is -2.40. The second-order valence-corrected chi connectivity index (χ2v) is 9.39. The highest BCUT2D eigenvalue weighted by Gasteiger charge is 2.21. The van der Waals surface area contributed by atoms with Gasteiger partial charge in [0, 0.05) is 26.1 Å². The molecule has 2 aromatic carbocycles. The molecule has 1 aliphatic heterocycles. The molecule has 8 nitrogen and oxygen atoms in total. The van der Waals surface area contributed by atoms with Crippen LogP contribution in [0.3, 0.4) is 0 Å². The van der Waals surface area contributed by atoms with Crippen molar-refractivity contribution in [2.24, 2.45) is 0 Å². The van der Waals surface area contributed by atoms with E-state index in [1.165, 1.54) is 7.11 Å². The smallest absolute Gasteiger partial charge is 0.241 e. The van der Waals surface area contributed by atoms with Crippen molar-refractivity contribution in [2.75, 3.05) is 30.8 Å². The number of nitrogens with one attached hydrogen (secondary N) is 1. The fraction of sp³-hybridized carbons (Fsp3) is 0.364. The second-order valence-electron chi connectivity index (χ2n) is 7.48. The molecule has 0 atom stereocenters. The van der Waals surface area contributed by atoms with Crippen LogP contribution in [0.2, 0.25) is 0 Å². The Morgan fingerprint density at radius 1 is 1.10 bits per heavy atom. The molecule has 0 spiro atoms. The fourth-order valence-electron chi connectivity index (χ4n) is 3.39. The van der Waals surface area contributed by atoms with E-state index in [-0.39, 0.29) is 19.0 Å². The second kappa shape index (κ2) is 9.82. The minimum Gasteiger partial charge on any atom is -0.497 e. The van der Waals surface area contributed by atoms with Crippen LogP contribution in [0.1, 0.15) is 24.0 Å². The summed E-state index contributed by atoms with van der Waals surface area (Å²) in [7, 11) is -2.11. The maximum Gasteiger partial charge on any atom is 0.241 e. The predicted octanol–water partition coefficient (Wildman–Crippen LogP) is 1.90. The third-order valence-electron chi connectivity index (χ3n) is 5.11. The highest BCUT2D eigenvalue weighted by molar-refractivity contribution is 7.92. The van der Waals surface area contributed by atoms with Crippen molar-refractivity contribution in [2.45, 2.75) is 25.9 Å². The van der Waals surface area contributed by atoms with Gasteiger partial charge in [0.15, 0.2) is 0 Å². The Morgan fingerprint density at radius 2 is 1.74 bits per heavy atom. The summed E-state index contributed by atoms with van der Waals surface area (Å²) < 4.78 is 30.5. The Bertz CT molecular complexity index is 1020. The van der Waals surface area contributed by atoms with Crippen molar-refractivity contribution in [3.8, 4) is 5.75 Å². The van der Waals surface area contributed by atoms with E-state index in [4.69, 9.17) is 4.74 Å². The summed E-state index contributed by atoms with van der Waals surface area (Å²) >= 11 is 0.